The Kier molecular flexibility index (Phi) is 9.27. The lowest BCUT2D eigenvalue weighted by Crippen LogP contribution is -2.33. The average Bonchev–Trinajstić information content (AvgIpc) is 3.29. The first kappa shape index (κ1) is 31.8. The summed E-state index contributed by atoms with van der Waals surface area (Å²) in [6.45, 7) is 10.1. The highest BCUT2D eigenvalue weighted by Crippen LogP contribution is 2.30. The summed E-state index contributed by atoms with van der Waals surface area (Å²) < 4.78 is 31.5. The molecule has 5 rings (SSSR count). The number of aryl methyl sites for hydroxylation is 4. The molecule has 0 saturated carbocycles. The molecule has 0 radical (unpaired) electrons. The Balaban J connectivity index is 1.46. The third-order valence-electron chi connectivity index (χ3n) is 7.70. The Morgan fingerprint density at radius 2 is 1.53 bits per heavy atom. The maximum atomic E-state index is 14.1. The number of hydrogen-bond donors (Lipinski definition) is 1. The molecule has 1 amide bonds. The molecule has 1 aromatic heterocycles. The van der Waals surface area contributed by atoms with Gasteiger partial charge in [0.15, 0.2) is 0 Å². The first-order chi connectivity index (χ1) is 21.5. The van der Waals surface area contributed by atoms with E-state index in [9.17, 15) is 13.2 Å². The van der Waals surface area contributed by atoms with Crippen LogP contribution in [0.15, 0.2) is 107 Å². The van der Waals surface area contributed by atoms with E-state index in [0.717, 1.165) is 33.8 Å². The molecule has 0 bridgehead atoms. The van der Waals surface area contributed by atoms with Crippen LogP contribution in [-0.2, 0) is 16.6 Å². The molecule has 4 aromatic carbocycles. The Labute approximate surface area is 269 Å². The lowest BCUT2D eigenvalue weighted by molar-refractivity contribution is 0.0955. The summed E-state index contributed by atoms with van der Waals surface area (Å²) in [7, 11) is -4.06. The number of nitrogens with zero attached hydrogens (tertiary/aromatic N) is 3. The highest BCUT2D eigenvalue weighted by molar-refractivity contribution is 7.92. The van der Waals surface area contributed by atoms with E-state index in [-0.39, 0.29) is 22.7 Å². The molecule has 1 heterocycles. The molecule has 7 nitrogen and oxygen atoms in total. The molecule has 5 aromatic rings. The van der Waals surface area contributed by atoms with Crippen LogP contribution in [0.4, 0.5) is 5.69 Å². The van der Waals surface area contributed by atoms with E-state index in [1.807, 2.05) is 26.8 Å². The average molecular weight is 639 g/mol. The molecule has 230 valence electrons. The lowest BCUT2D eigenvalue weighted by Gasteiger charge is -2.26. The third kappa shape index (κ3) is 6.87. The number of para-hydroxylation sites is 1. The van der Waals surface area contributed by atoms with Crippen LogP contribution in [0.25, 0.3) is 5.69 Å². The van der Waals surface area contributed by atoms with Crippen LogP contribution < -0.4 is 9.73 Å². The normalized spacial score (nSPS) is 11.6. The molecule has 0 fully saturated rings. The fraction of sp³-hybridized carbons (Fsp3) is 0.167. The van der Waals surface area contributed by atoms with Gasteiger partial charge in [-0.15, -0.1) is 0 Å². The first-order valence-corrected chi connectivity index (χ1v) is 16.3. The minimum atomic E-state index is -4.06. The summed E-state index contributed by atoms with van der Waals surface area (Å²) in [4.78, 5) is 13.7. The Hall–Kier alpha value is -4.66. The smallest absolute Gasteiger partial charge is 0.273 e. The van der Waals surface area contributed by atoms with Crippen molar-refractivity contribution >= 4 is 39.4 Å². The molecule has 0 unspecified atom stereocenters. The summed E-state index contributed by atoms with van der Waals surface area (Å²) in [5.74, 6) is -0.537. The fourth-order valence-electron chi connectivity index (χ4n) is 5.34. The zero-order valence-electron chi connectivity index (χ0n) is 25.9. The Morgan fingerprint density at radius 3 is 2.22 bits per heavy atom. The molecule has 9 heteroatoms. The molecular formula is C36H35ClN4O3S. The van der Waals surface area contributed by atoms with Crippen molar-refractivity contribution in [1.29, 1.82) is 0 Å². The van der Waals surface area contributed by atoms with Gasteiger partial charge in [0.05, 0.1) is 28.9 Å². The maximum absolute atomic E-state index is 14.1. The van der Waals surface area contributed by atoms with Crippen LogP contribution in [0, 0.1) is 34.6 Å². The number of rotatable bonds is 9. The van der Waals surface area contributed by atoms with Crippen LogP contribution in [0.2, 0.25) is 5.02 Å². The summed E-state index contributed by atoms with van der Waals surface area (Å²) in [5, 5.41) is 4.81. The van der Waals surface area contributed by atoms with Crippen molar-refractivity contribution in [1.82, 2.24) is 9.99 Å². The van der Waals surface area contributed by atoms with Gasteiger partial charge in [-0.05, 0) is 94.3 Å². The molecule has 0 aliphatic carbocycles. The van der Waals surface area contributed by atoms with Crippen LogP contribution in [-0.4, -0.2) is 25.1 Å². The number of hydrogen-bond acceptors (Lipinski definition) is 4. The minimum Gasteiger partial charge on any atom is -0.318 e. The first-order valence-electron chi connectivity index (χ1n) is 14.5. The maximum Gasteiger partial charge on any atom is 0.273 e. The fourth-order valence-corrected chi connectivity index (χ4v) is 6.94. The van der Waals surface area contributed by atoms with Gasteiger partial charge in [0.25, 0.3) is 15.9 Å². The molecule has 45 heavy (non-hydrogen) atoms. The molecule has 0 saturated heterocycles. The summed E-state index contributed by atoms with van der Waals surface area (Å²) in [6.07, 6.45) is 1.61. The zero-order valence-corrected chi connectivity index (χ0v) is 27.4. The molecular weight excluding hydrogens is 604 g/mol. The summed E-state index contributed by atoms with van der Waals surface area (Å²) in [5.41, 5.74) is 11.0. The molecule has 0 spiro atoms. The Bertz CT molecular complexity index is 2000. The predicted molar refractivity (Wildman–Crippen MR) is 182 cm³/mol. The van der Waals surface area contributed by atoms with E-state index >= 15 is 0 Å². The molecule has 1 N–H and O–H groups in total. The number of amides is 1. The van der Waals surface area contributed by atoms with Gasteiger partial charge in [-0.1, -0.05) is 71.3 Å². The summed E-state index contributed by atoms with van der Waals surface area (Å²) >= 11 is 6.09. The van der Waals surface area contributed by atoms with Gasteiger partial charge >= 0.3 is 0 Å². The highest BCUT2D eigenvalue weighted by Gasteiger charge is 2.28. The van der Waals surface area contributed by atoms with Crippen molar-refractivity contribution < 1.29 is 13.2 Å². The van der Waals surface area contributed by atoms with Crippen molar-refractivity contribution in [2.75, 3.05) is 4.31 Å². The van der Waals surface area contributed by atoms with E-state index in [1.165, 1.54) is 9.87 Å². The Morgan fingerprint density at radius 1 is 0.867 bits per heavy atom. The molecule has 0 atom stereocenters. The van der Waals surface area contributed by atoms with Crippen LogP contribution in [0.1, 0.15) is 49.6 Å². The largest absolute Gasteiger partial charge is 0.318 e. The van der Waals surface area contributed by atoms with Crippen molar-refractivity contribution in [3.63, 3.8) is 0 Å². The predicted octanol–water partition coefficient (Wildman–Crippen LogP) is 7.83. The highest BCUT2D eigenvalue weighted by atomic mass is 35.5. The van der Waals surface area contributed by atoms with Crippen molar-refractivity contribution in [3.05, 3.63) is 147 Å². The van der Waals surface area contributed by atoms with Gasteiger partial charge in [-0.3, -0.25) is 9.10 Å². The number of anilines is 1. The minimum absolute atomic E-state index is 0.00858. The number of nitrogens with one attached hydrogen (secondary N) is 1. The van der Waals surface area contributed by atoms with Crippen LogP contribution >= 0.6 is 11.6 Å². The standard InChI is InChI=1S/C36H35ClN4O3S/c1-24-10-17-32(18-11-24)45(43,44)40(23-29-13-15-31(37)16-14-29)35-9-7-6-8-33(35)36(42)39-38-22-30-21-27(4)41(28(30)5)34-19-12-25(2)20-26(34)3/h6-22H,23H2,1-5H3,(H,39,42)/b38-22+. The monoisotopic (exact) mass is 638 g/mol. The van der Waals surface area contributed by atoms with E-state index in [1.54, 1.807) is 79.0 Å². The van der Waals surface area contributed by atoms with Crippen LogP contribution in [0.5, 0.6) is 0 Å². The van der Waals surface area contributed by atoms with Gasteiger partial charge in [0.1, 0.15) is 0 Å². The van der Waals surface area contributed by atoms with Gasteiger partial charge < -0.3 is 4.57 Å². The van der Waals surface area contributed by atoms with Crippen LogP contribution in [0.3, 0.4) is 0 Å². The zero-order chi connectivity index (χ0) is 32.3. The van der Waals surface area contributed by atoms with E-state index in [0.29, 0.717) is 10.6 Å². The number of aromatic nitrogens is 1. The number of benzene rings is 4. The second kappa shape index (κ2) is 13.1. The van der Waals surface area contributed by atoms with Crippen molar-refractivity contribution in [3.8, 4) is 5.69 Å². The van der Waals surface area contributed by atoms with Gasteiger partial charge in [-0.2, -0.15) is 5.10 Å². The SMILES string of the molecule is Cc1ccc(S(=O)(=O)N(Cc2ccc(Cl)cc2)c2ccccc2C(=O)N/N=C/c2cc(C)n(-c3ccc(C)cc3C)c2C)cc1. The lowest BCUT2D eigenvalue weighted by atomic mass is 10.1. The molecule has 0 aliphatic rings. The quantitative estimate of drug-likeness (QED) is 0.132. The van der Waals surface area contributed by atoms with Crippen molar-refractivity contribution in [2.24, 2.45) is 5.10 Å². The van der Waals surface area contributed by atoms with Crippen molar-refractivity contribution in [2.45, 2.75) is 46.1 Å². The van der Waals surface area contributed by atoms with E-state index in [4.69, 9.17) is 11.6 Å². The second-order valence-electron chi connectivity index (χ2n) is 11.1. The number of hydrazone groups is 1. The molecule has 0 aliphatic heterocycles. The second-order valence-corrected chi connectivity index (χ2v) is 13.4. The van der Waals surface area contributed by atoms with E-state index in [2.05, 4.69) is 47.1 Å². The van der Waals surface area contributed by atoms with Gasteiger partial charge in [0.2, 0.25) is 0 Å². The number of halogens is 1. The van der Waals surface area contributed by atoms with E-state index < -0.39 is 15.9 Å². The number of carbonyl (C=O) groups excluding carboxylic acids is 1. The number of carbonyl (C=O) groups is 1. The van der Waals surface area contributed by atoms with Gasteiger partial charge in [-0.25, -0.2) is 13.8 Å². The number of sulfonamides is 1. The topological polar surface area (TPSA) is 83.8 Å². The van der Waals surface area contributed by atoms with Gasteiger partial charge in [0, 0.05) is 27.7 Å². The summed E-state index contributed by atoms with van der Waals surface area (Å²) in [6, 6.07) is 28.5. The third-order valence-corrected chi connectivity index (χ3v) is 9.72.